The molecule has 0 aliphatic heterocycles. The van der Waals surface area contributed by atoms with Crippen LogP contribution in [-0.2, 0) is 0 Å². The van der Waals surface area contributed by atoms with Crippen molar-refractivity contribution in [3.05, 3.63) is 38.9 Å². The Morgan fingerprint density at radius 3 is 2.83 bits per heavy atom. The van der Waals surface area contributed by atoms with Gasteiger partial charge >= 0.3 is 0 Å². The molecule has 2 N–H and O–H groups in total. The maximum atomic E-state index is 11.7. The lowest BCUT2D eigenvalue weighted by molar-refractivity contribution is -0.385. The van der Waals surface area contributed by atoms with E-state index in [4.69, 9.17) is 11.6 Å². The maximum Gasteiger partial charge on any atom is 0.283 e. The Hall–Kier alpha value is -1.66. The number of carbonyl (C=O) groups excluding carboxylic acids is 1. The lowest BCUT2D eigenvalue weighted by atomic mass is 10.1. The van der Waals surface area contributed by atoms with Gasteiger partial charge in [-0.3, -0.25) is 14.9 Å². The maximum absolute atomic E-state index is 11.7. The third-order valence-corrected chi connectivity index (χ3v) is 2.61. The number of nitrogens with zero attached hydrogens (tertiary/aromatic N) is 1. The van der Waals surface area contributed by atoms with Crippen LogP contribution in [0.4, 0.5) is 5.69 Å². The quantitative estimate of drug-likeness (QED) is 0.631. The number of hydrogen-bond acceptors (Lipinski definition) is 4. The van der Waals surface area contributed by atoms with Crippen LogP contribution in [0.5, 0.6) is 0 Å². The molecule has 0 radical (unpaired) electrons. The number of aliphatic hydroxyl groups excluding tert-OH is 1. The SMILES string of the molecule is CCC(O)CNC(=O)c1ccc(Cl)cc1[N+](=O)[O-]. The Morgan fingerprint density at radius 2 is 2.28 bits per heavy atom. The third kappa shape index (κ3) is 3.68. The van der Waals surface area contributed by atoms with Gasteiger partial charge in [0.15, 0.2) is 0 Å². The summed E-state index contributed by atoms with van der Waals surface area (Å²) in [5.74, 6) is -0.606. The molecule has 0 spiro atoms. The summed E-state index contributed by atoms with van der Waals surface area (Å²) in [6, 6.07) is 3.81. The van der Waals surface area contributed by atoms with Crippen LogP contribution in [-0.4, -0.2) is 28.6 Å². The second-order valence-corrected chi connectivity index (χ2v) is 4.13. The Balaban J connectivity index is 2.88. The van der Waals surface area contributed by atoms with Crippen LogP contribution in [0.1, 0.15) is 23.7 Å². The van der Waals surface area contributed by atoms with Crippen molar-refractivity contribution in [2.24, 2.45) is 0 Å². The molecule has 1 atom stereocenters. The zero-order chi connectivity index (χ0) is 13.7. The molecule has 1 aromatic rings. The third-order valence-electron chi connectivity index (χ3n) is 2.37. The largest absolute Gasteiger partial charge is 0.391 e. The molecule has 0 bridgehead atoms. The van der Waals surface area contributed by atoms with Crippen LogP contribution in [0, 0.1) is 10.1 Å². The fourth-order valence-corrected chi connectivity index (χ4v) is 1.46. The van der Waals surface area contributed by atoms with E-state index in [0.29, 0.717) is 6.42 Å². The Morgan fingerprint density at radius 1 is 1.61 bits per heavy atom. The highest BCUT2D eigenvalue weighted by Crippen LogP contribution is 2.22. The molecule has 6 nitrogen and oxygen atoms in total. The van der Waals surface area contributed by atoms with E-state index >= 15 is 0 Å². The number of carbonyl (C=O) groups is 1. The fourth-order valence-electron chi connectivity index (χ4n) is 1.30. The van der Waals surface area contributed by atoms with Crippen molar-refractivity contribution in [2.75, 3.05) is 6.54 Å². The Kier molecular flexibility index (Phi) is 5.06. The average Bonchev–Trinajstić information content (AvgIpc) is 2.35. The summed E-state index contributed by atoms with van der Waals surface area (Å²) in [6.07, 6.45) is -0.177. The minimum Gasteiger partial charge on any atom is -0.391 e. The van der Waals surface area contributed by atoms with Crippen molar-refractivity contribution in [1.82, 2.24) is 5.32 Å². The number of nitro benzene ring substituents is 1. The zero-order valence-corrected chi connectivity index (χ0v) is 10.5. The van der Waals surface area contributed by atoms with Gasteiger partial charge in [-0.15, -0.1) is 0 Å². The van der Waals surface area contributed by atoms with Gasteiger partial charge in [-0.2, -0.15) is 0 Å². The molecule has 7 heteroatoms. The van der Waals surface area contributed by atoms with Crippen LogP contribution in [0.15, 0.2) is 18.2 Å². The van der Waals surface area contributed by atoms with E-state index in [-0.39, 0.29) is 22.8 Å². The van der Waals surface area contributed by atoms with Crippen LogP contribution in [0.3, 0.4) is 0 Å². The zero-order valence-electron chi connectivity index (χ0n) is 9.72. The van der Waals surface area contributed by atoms with E-state index in [9.17, 15) is 20.0 Å². The predicted molar refractivity (Wildman–Crippen MR) is 66.7 cm³/mol. The van der Waals surface area contributed by atoms with Gasteiger partial charge < -0.3 is 10.4 Å². The first-order valence-electron chi connectivity index (χ1n) is 5.36. The molecule has 18 heavy (non-hydrogen) atoms. The Bertz CT molecular complexity index is 464. The van der Waals surface area contributed by atoms with E-state index < -0.39 is 16.9 Å². The lowest BCUT2D eigenvalue weighted by Gasteiger charge is -2.09. The first kappa shape index (κ1) is 14.4. The van der Waals surface area contributed by atoms with Crippen molar-refractivity contribution < 1.29 is 14.8 Å². The second kappa shape index (κ2) is 6.32. The summed E-state index contributed by atoms with van der Waals surface area (Å²) in [6.45, 7) is 1.82. The van der Waals surface area contributed by atoms with Gasteiger partial charge in [-0.25, -0.2) is 0 Å². The van der Waals surface area contributed by atoms with Crippen molar-refractivity contribution in [3.8, 4) is 0 Å². The van der Waals surface area contributed by atoms with E-state index in [1.807, 2.05) is 0 Å². The number of nitrogens with one attached hydrogen (secondary N) is 1. The number of nitro groups is 1. The van der Waals surface area contributed by atoms with Gasteiger partial charge in [0, 0.05) is 17.6 Å². The van der Waals surface area contributed by atoms with E-state index in [1.54, 1.807) is 6.92 Å². The normalized spacial score (nSPS) is 11.9. The molecular weight excluding hydrogens is 260 g/mol. The molecule has 98 valence electrons. The van der Waals surface area contributed by atoms with Crippen molar-refractivity contribution >= 4 is 23.2 Å². The topological polar surface area (TPSA) is 92.5 Å². The van der Waals surface area contributed by atoms with Crippen LogP contribution in [0.25, 0.3) is 0 Å². The van der Waals surface area contributed by atoms with Gasteiger partial charge in [-0.1, -0.05) is 18.5 Å². The summed E-state index contributed by atoms with van der Waals surface area (Å²) in [4.78, 5) is 21.9. The molecule has 0 aliphatic rings. The molecule has 0 heterocycles. The summed E-state index contributed by atoms with van der Waals surface area (Å²) < 4.78 is 0. The van der Waals surface area contributed by atoms with Crippen LogP contribution in [0.2, 0.25) is 5.02 Å². The summed E-state index contributed by atoms with van der Waals surface area (Å²) in [5.41, 5.74) is -0.432. The van der Waals surface area contributed by atoms with Gasteiger partial charge in [0.25, 0.3) is 11.6 Å². The first-order valence-corrected chi connectivity index (χ1v) is 5.73. The molecule has 0 aromatic heterocycles. The van der Waals surface area contributed by atoms with Gasteiger partial charge in [0.1, 0.15) is 5.56 Å². The average molecular weight is 273 g/mol. The highest BCUT2D eigenvalue weighted by molar-refractivity contribution is 6.31. The van der Waals surface area contributed by atoms with Gasteiger partial charge in [0.05, 0.1) is 11.0 Å². The van der Waals surface area contributed by atoms with Crippen molar-refractivity contribution in [1.29, 1.82) is 0 Å². The summed E-state index contributed by atoms with van der Waals surface area (Å²) in [7, 11) is 0. The van der Waals surface area contributed by atoms with Crippen LogP contribution >= 0.6 is 11.6 Å². The number of benzene rings is 1. The molecule has 1 amide bonds. The summed E-state index contributed by atoms with van der Waals surface area (Å²) >= 11 is 5.64. The molecule has 1 unspecified atom stereocenters. The molecule has 0 fully saturated rings. The number of hydrogen-bond donors (Lipinski definition) is 2. The van der Waals surface area contributed by atoms with Crippen molar-refractivity contribution in [3.63, 3.8) is 0 Å². The number of amides is 1. The first-order chi connectivity index (χ1) is 8.45. The van der Waals surface area contributed by atoms with Gasteiger partial charge in [-0.05, 0) is 18.6 Å². The monoisotopic (exact) mass is 272 g/mol. The molecule has 0 aliphatic carbocycles. The highest BCUT2D eigenvalue weighted by Gasteiger charge is 2.20. The van der Waals surface area contributed by atoms with E-state index in [0.717, 1.165) is 6.07 Å². The number of aliphatic hydroxyl groups is 1. The van der Waals surface area contributed by atoms with Crippen molar-refractivity contribution in [2.45, 2.75) is 19.4 Å². The molecular formula is C11H13ClN2O4. The van der Waals surface area contributed by atoms with E-state index in [2.05, 4.69) is 5.32 Å². The summed E-state index contributed by atoms with van der Waals surface area (Å²) in [5, 5.41) is 22.7. The van der Waals surface area contributed by atoms with Crippen LogP contribution < -0.4 is 5.32 Å². The predicted octanol–water partition coefficient (Wildman–Crippen LogP) is 1.75. The molecule has 0 saturated heterocycles. The molecule has 0 saturated carbocycles. The Labute approximate surface area is 109 Å². The number of halogens is 1. The molecule has 1 rings (SSSR count). The molecule has 1 aromatic carbocycles. The standard InChI is InChI=1S/C11H13ClN2O4/c1-2-8(15)6-13-11(16)9-4-3-7(12)5-10(9)14(17)18/h3-5,8,15H,2,6H2,1H3,(H,13,16). The number of rotatable bonds is 5. The minimum atomic E-state index is -0.670. The fraction of sp³-hybridized carbons (Fsp3) is 0.364. The van der Waals surface area contributed by atoms with E-state index in [1.165, 1.54) is 12.1 Å². The smallest absolute Gasteiger partial charge is 0.283 e. The highest BCUT2D eigenvalue weighted by atomic mass is 35.5. The minimum absolute atomic E-state index is 0.0507. The lowest BCUT2D eigenvalue weighted by Crippen LogP contribution is -2.32. The second-order valence-electron chi connectivity index (χ2n) is 3.69. The van der Waals surface area contributed by atoms with Gasteiger partial charge in [0.2, 0.25) is 0 Å².